The number of hydrogen-bond donors (Lipinski definition) is 1. The van der Waals surface area contributed by atoms with E-state index in [1.54, 1.807) is 12.1 Å². The lowest BCUT2D eigenvalue weighted by atomic mass is 9.98. The fourth-order valence-electron chi connectivity index (χ4n) is 2.74. The summed E-state index contributed by atoms with van der Waals surface area (Å²) in [5.74, 6) is -1.51. The zero-order valence-electron chi connectivity index (χ0n) is 12.2. The minimum absolute atomic E-state index is 0.0381. The first-order valence-electron chi connectivity index (χ1n) is 7.43. The number of hydrogen-bond acceptors (Lipinski definition) is 2. The highest BCUT2D eigenvalue weighted by Gasteiger charge is 2.30. The highest BCUT2D eigenvalue weighted by Crippen LogP contribution is 2.24. The fourth-order valence-corrected chi connectivity index (χ4v) is 2.74. The van der Waals surface area contributed by atoms with Crippen LogP contribution < -0.4 is 5.32 Å². The summed E-state index contributed by atoms with van der Waals surface area (Å²) in [6, 6.07) is 4.40. The van der Waals surface area contributed by atoms with E-state index in [0.717, 1.165) is 31.9 Å². The third kappa shape index (κ3) is 3.76. The topological polar surface area (TPSA) is 21.3 Å². The van der Waals surface area contributed by atoms with Crippen LogP contribution in [0.1, 0.15) is 38.7 Å². The molecule has 0 radical (unpaired) electrons. The molecule has 3 atom stereocenters. The van der Waals surface area contributed by atoms with Crippen molar-refractivity contribution in [1.29, 1.82) is 0 Å². The molecule has 0 spiro atoms. The predicted octanol–water partition coefficient (Wildman–Crippen LogP) is 3.44. The van der Waals surface area contributed by atoms with E-state index in [-0.39, 0.29) is 18.2 Å². The van der Waals surface area contributed by atoms with Crippen LogP contribution in [0.15, 0.2) is 18.2 Å². The number of rotatable bonds is 6. The maximum absolute atomic E-state index is 13.8. The van der Waals surface area contributed by atoms with Crippen LogP contribution in [0, 0.1) is 11.6 Å². The summed E-state index contributed by atoms with van der Waals surface area (Å²) in [6.07, 6.45) is 3.80. The highest BCUT2D eigenvalue weighted by atomic mass is 19.2. The van der Waals surface area contributed by atoms with Gasteiger partial charge in [-0.05, 0) is 50.8 Å². The lowest BCUT2D eigenvalue weighted by Crippen LogP contribution is -2.42. The van der Waals surface area contributed by atoms with Crippen molar-refractivity contribution < 1.29 is 13.5 Å². The van der Waals surface area contributed by atoms with Crippen molar-refractivity contribution in [3.8, 4) is 0 Å². The van der Waals surface area contributed by atoms with Gasteiger partial charge in [0.2, 0.25) is 0 Å². The summed E-state index contributed by atoms with van der Waals surface area (Å²) in [7, 11) is 0. The molecule has 1 aliphatic heterocycles. The quantitative estimate of drug-likeness (QED) is 0.863. The molecular formula is C16H23F2NO. The molecule has 20 heavy (non-hydrogen) atoms. The predicted molar refractivity (Wildman–Crippen MR) is 75.7 cm³/mol. The maximum atomic E-state index is 13.8. The molecule has 1 aromatic carbocycles. The molecule has 0 aromatic heterocycles. The zero-order chi connectivity index (χ0) is 14.5. The second kappa shape index (κ2) is 7.14. The zero-order valence-corrected chi connectivity index (χ0v) is 12.2. The number of halogens is 2. The van der Waals surface area contributed by atoms with Gasteiger partial charge in [-0.3, -0.25) is 0 Å². The van der Waals surface area contributed by atoms with Gasteiger partial charge in [0.15, 0.2) is 11.6 Å². The van der Waals surface area contributed by atoms with Crippen molar-refractivity contribution >= 4 is 0 Å². The van der Waals surface area contributed by atoms with E-state index >= 15 is 0 Å². The monoisotopic (exact) mass is 283 g/mol. The molecule has 1 aliphatic rings. The molecule has 0 saturated carbocycles. The molecule has 2 rings (SSSR count). The fraction of sp³-hybridized carbons (Fsp3) is 0.625. The van der Waals surface area contributed by atoms with Gasteiger partial charge in [0, 0.05) is 6.04 Å². The number of benzene rings is 1. The Morgan fingerprint density at radius 3 is 2.80 bits per heavy atom. The molecule has 3 unspecified atom stereocenters. The van der Waals surface area contributed by atoms with Crippen molar-refractivity contribution in [3.05, 3.63) is 35.4 Å². The van der Waals surface area contributed by atoms with Crippen LogP contribution in [0.3, 0.4) is 0 Å². The van der Waals surface area contributed by atoms with Crippen LogP contribution in [0.25, 0.3) is 0 Å². The van der Waals surface area contributed by atoms with Crippen LogP contribution in [0.4, 0.5) is 8.78 Å². The van der Waals surface area contributed by atoms with Crippen molar-refractivity contribution in [2.45, 2.75) is 57.8 Å². The van der Waals surface area contributed by atoms with Gasteiger partial charge in [0.1, 0.15) is 0 Å². The Morgan fingerprint density at radius 2 is 2.15 bits per heavy atom. The number of nitrogens with one attached hydrogen (secondary N) is 1. The molecule has 1 heterocycles. The molecule has 1 N–H and O–H groups in total. The molecule has 4 heteroatoms. The summed E-state index contributed by atoms with van der Waals surface area (Å²) in [4.78, 5) is 0. The van der Waals surface area contributed by atoms with E-state index < -0.39 is 11.6 Å². The summed E-state index contributed by atoms with van der Waals surface area (Å²) >= 11 is 0. The van der Waals surface area contributed by atoms with Gasteiger partial charge in [0.25, 0.3) is 0 Å². The van der Waals surface area contributed by atoms with Gasteiger partial charge in [-0.25, -0.2) is 8.78 Å². The van der Waals surface area contributed by atoms with E-state index in [1.807, 2.05) is 0 Å². The normalized spacial score (nSPS) is 24.0. The Bertz CT molecular complexity index is 438. The van der Waals surface area contributed by atoms with Crippen molar-refractivity contribution in [3.63, 3.8) is 0 Å². The summed E-state index contributed by atoms with van der Waals surface area (Å²) in [5, 5.41) is 3.41. The van der Waals surface area contributed by atoms with E-state index in [4.69, 9.17) is 4.74 Å². The van der Waals surface area contributed by atoms with Crippen LogP contribution in [-0.4, -0.2) is 24.8 Å². The first kappa shape index (κ1) is 15.4. The van der Waals surface area contributed by atoms with Crippen molar-refractivity contribution in [2.75, 3.05) is 6.54 Å². The van der Waals surface area contributed by atoms with E-state index in [0.29, 0.717) is 12.0 Å². The molecule has 1 fully saturated rings. The summed E-state index contributed by atoms with van der Waals surface area (Å²) in [5.41, 5.74) is 0.418. The van der Waals surface area contributed by atoms with Crippen LogP contribution in [0.5, 0.6) is 0 Å². The maximum Gasteiger partial charge on any atom is 0.162 e. The van der Waals surface area contributed by atoms with E-state index in [1.165, 1.54) is 0 Å². The van der Waals surface area contributed by atoms with Crippen LogP contribution >= 0.6 is 0 Å². The van der Waals surface area contributed by atoms with Crippen molar-refractivity contribution in [1.82, 2.24) is 5.32 Å². The average molecular weight is 283 g/mol. The molecule has 0 aliphatic carbocycles. The standard InChI is InChI=1S/C16H23F2NO/c1-3-9-19-14(15-8-7-11(2)20-15)10-12-5-4-6-13(17)16(12)18/h4-6,11,14-15,19H,3,7-10H2,1-2H3. The summed E-state index contributed by atoms with van der Waals surface area (Å²) < 4.78 is 33.0. The molecule has 0 bridgehead atoms. The van der Waals surface area contributed by atoms with E-state index in [2.05, 4.69) is 19.2 Å². The minimum Gasteiger partial charge on any atom is -0.374 e. The lowest BCUT2D eigenvalue weighted by molar-refractivity contribution is 0.0319. The molecular weight excluding hydrogens is 260 g/mol. The molecule has 112 valence electrons. The Balaban J connectivity index is 2.08. The first-order valence-corrected chi connectivity index (χ1v) is 7.43. The average Bonchev–Trinajstić information content (AvgIpc) is 2.86. The third-order valence-electron chi connectivity index (χ3n) is 3.84. The van der Waals surface area contributed by atoms with Gasteiger partial charge in [-0.15, -0.1) is 0 Å². The lowest BCUT2D eigenvalue weighted by Gasteiger charge is -2.25. The minimum atomic E-state index is -0.780. The smallest absolute Gasteiger partial charge is 0.162 e. The SMILES string of the molecule is CCCNC(Cc1cccc(F)c1F)C1CCC(C)O1. The van der Waals surface area contributed by atoms with E-state index in [9.17, 15) is 8.78 Å². The Hall–Kier alpha value is -1.00. The Labute approximate surface area is 119 Å². The second-order valence-electron chi connectivity index (χ2n) is 5.54. The van der Waals surface area contributed by atoms with Gasteiger partial charge in [-0.2, -0.15) is 0 Å². The Kier molecular flexibility index (Phi) is 5.49. The van der Waals surface area contributed by atoms with Crippen LogP contribution in [-0.2, 0) is 11.2 Å². The molecule has 1 saturated heterocycles. The largest absolute Gasteiger partial charge is 0.374 e. The molecule has 1 aromatic rings. The van der Waals surface area contributed by atoms with Gasteiger partial charge < -0.3 is 10.1 Å². The second-order valence-corrected chi connectivity index (χ2v) is 5.54. The third-order valence-corrected chi connectivity index (χ3v) is 3.84. The van der Waals surface area contributed by atoms with Gasteiger partial charge >= 0.3 is 0 Å². The van der Waals surface area contributed by atoms with Gasteiger partial charge in [0.05, 0.1) is 12.2 Å². The number of ether oxygens (including phenoxy) is 1. The summed E-state index contributed by atoms with van der Waals surface area (Å²) in [6.45, 7) is 5.00. The van der Waals surface area contributed by atoms with Crippen LogP contribution in [0.2, 0.25) is 0 Å². The highest BCUT2D eigenvalue weighted by molar-refractivity contribution is 5.20. The first-order chi connectivity index (χ1) is 9.61. The Morgan fingerprint density at radius 1 is 1.35 bits per heavy atom. The molecule has 2 nitrogen and oxygen atoms in total. The van der Waals surface area contributed by atoms with Gasteiger partial charge in [-0.1, -0.05) is 19.1 Å². The molecule has 0 amide bonds. The van der Waals surface area contributed by atoms with Crippen molar-refractivity contribution in [2.24, 2.45) is 0 Å².